The van der Waals surface area contributed by atoms with Gasteiger partial charge in [-0.3, -0.25) is 0 Å². The largest absolute Gasteiger partial charge is 0.507 e. The van der Waals surface area contributed by atoms with E-state index in [4.69, 9.17) is 9.47 Å². The van der Waals surface area contributed by atoms with Crippen LogP contribution in [0.1, 0.15) is 40.1 Å². The van der Waals surface area contributed by atoms with Gasteiger partial charge >= 0.3 is 5.97 Å². The first-order valence-corrected chi connectivity index (χ1v) is 8.05. The topological polar surface area (TPSA) is 55.8 Å². The van der Waals surface area contributed by atoms with Crippen LogP contribution in [0.2, 0.25) is 0 Å². The fourth-order valence-corrected chi connectivity index (χ4v) is 3.26. The van der Waals surface area contributed by atoms with E-state index >= 15 is 0 Å². The number of benzene rings is 2. The molecule has 0 radical (unpaired) electrons. The second kappa shape index (κ2) is 5.71. The highest BCUT2D eigenvalue weighted by Gasteiger charge is 2.36. The first-order chi connectivity index (χ1) is 11.6. The fraction of sp³-hybridized carbons (Fsp3) is 0.250. The number of hydrogen-bond donors (Lipinski definition) is 1. The van der Waals surface area contributed by atoms with E-state index in [1.807, 2.05) is 49.4 Å². The molecular formula is C20H18O4. The maximum Gasteiger partial charge on any atom is 0.342 e. The number of esters is 1. The SMILES string of the molecule is CC1=CCc2c(cc3c(c2O)C(=O)OC3Cc2ccccc2)OC1. The molecule has 2 aromatic carbocycles. The van der Waals surface area contributed by atoms with E-state index in [-0.39, 0.29) is 11.3 Å². The summed E-state index contributed by atoms with van der Waals surface area (Å²) in [5.41, 5.74) is 3.83. The van der Waals surface area contributed by atoms with Gasteiger partial charge in [-0.2, -0.15) is 0 Å². The third-order valence-electron chi connectivity index (χ3n) is 4.57. The molecule has 0 fully saturated rings. The predicted octanol–water partition coefficient (Wildman–Crippen LogP) is 3.73. The van der Waals surface area contributed by atoms with Gasteiger partial charge in [0.1, 0.15) is 29.8 Å². The molecule has 4 heteroatoms. The Morgan fingerprint density at radius 2 is 2.04 bits per heavy atom. The second-order valence-corrected chi connectivity index (χ2v) is 6.29. The van der Waals surface area contributed by atoms with Crippen molar-refractivity contribution in [2.75, 3.05) is 6.61 Å². The van der Waals surface area contributed by atoms with Crippen LogP contribution in [0.15, 0.2) is 48.0 Å². The molecule has 0 amide bonds. The number of allylic oxidation sites excluding steroid dienone is 1. The Kier molecular flexibility index (Phi) is 3.53. The molecule has 1 atom stereocenters. The first-order valence-electron chi connectivity index (χ1n) is 8.05. The van der Waals surface area contributed by atoms with Gasteiger partial charge in [-0.25, -0.2) is 4.79 Å². The van der Waals surface area contributed by atoms with Gasteiger partial charge in [0.25, 0.3) is 0 Å². The molecule has 4 rings (SSSR count). The molecule has 0 aliphatic carbocycles. The quantitative estimate of drug-likeness (QED) is 0.676. The van der Waals surface area contributed by atoms with Gasteiger partial charge < -0.3 is 14.6 Å². The maximum atomic E-state index is 12.3. The normalized spacial score (nSPS) is 18.8. The molecule has 0 saturated heterocycles. The molecule has 0 saturated carbocycles. The van der Waals surface area contributed by atoms with Crippen molar-refractivity contribution in [3.63, 3.8) is 0 Å². The summed E-state index contributed by atoms with van der Waals surface area (Å²) in [5.74, 6) is 0.168. The van der Waals surface area contributed by atoms with Crippen LogP contribution in [-0.4, -0.2) is 17.7 Å². The van der Waals surface area contributed by atoms with E-state index in [0.717, 1.165) is 11.1 Å². The standard InChI is InChI=1S/C20H18O4/c1-12-7-8-14-16(23-11-12)10-15-17(9-13-5-3-2-4-6-13)24-20(22)18(15)19(14)21/h2-7,10,17,21H,8-9,11H2,1H3. The molecule has 2 heterocycles. The van der Waals surface area contributed by atoms with Crippen molar-refractivity contribution in [1.82, 2.24) is 0 Å². The lowest BCUT2D eigenvalue weighted by atomic mass is 9.95. The Balaban J connectivity index is 1.75. The molecule has 122 valence electrons. The smallest absolute Gasteiger partial charge is 0.342 e. The summed E-state index contributed by atoms with van der Waals surface area (Å²) in [7, 11) is 0. The van der Waals surface area contributed by atoms with Gasteiger partial charge in [0.05, 0.1) is 0 Å². The van der Waals surface area contributed by atoms with Crippen molar-refractivity contribution in [3.8, 4) is 11.5 Å². The predicted molar refractivity (Wildman–Crippen MR) is 89.4 cm³/mol. The van der Waals surface area contributed by atoms with E-state index in [1.54, 1.807) is 0 Å². The molecule has 1 unspecified atom stereocenters. The van der Waals surface area contributed by atoms with Crippen LogP contribution in [0.25, 0.3) is 0 Å². The molecule has 2 aliphatic heterocycles. The van der Waals surface area contributed by atoms with Gasteiger partial charge in [0, 0.05) is 17.5 Å². The summed E-state index contributed by atoms with van der Waals surface area (Å²) < 4.78 is 11.3. The van der Waals surface area contributed by atoms with Crippen LogP contribution in [0, 0.1) is 0 Å². The van der Waals surface area contributed by atoms with Crippen molar-refractivity contribution >= 4 is 5.97 Å². The van der Waals surface area contributed by atoms with Crippen LogP contribution in [0.5, 0.6) is 11.5 Å². The number of phenols is 1. The van der Waals surface area contributed by atoms with Crippen molar-refractivity contribution in [1.29, 1.82) is 0 Å². The zero-order valence-electron chi connectivity index (χ0n) is 13.4. The van der Waals surface area contributed by atoms with Crippen molar-refractivity contribution in [2.24, 2.45) is 0 Å². The average molecular weight is 322 g/mol. The number of fused-ring (bicyclic) bond motifs is 2. The van der Waals surface area contributed by atoms with E-state index in [9.17, 15) is 9.90 Å². The third kappa shape index (κ3) is 2.44. The number of cyclic esters (lactones) is 1. The lowest BCUT2D eigenvalue weighted by Crippen LogP contribution is -2.03. The fourth-order valence-electron chi connectivity index (χ4n) is 3.26. The summed E-state index contributed by atoms with van der Waals surface area (Å²) in [6.07, 6.45) is 2.75. The number of carbonyl (C=O) groups is 1. The van der Waals surface area contributed by atoms with Gasteiger partial charge in [0.15, 0.2) is 0 Å². The van der Waals surface area contributed by atoms with Gasteiger partial charge in [0.2, 0.25) is 0 Å². The summed E-state index contributed by atoms with van der Waals surface area (Å²) in [5, 5.41) is 10.6. The van der Waals surface area contributed by atoms with E-state index in [0.29, 0.717) is 36.3 Å². The van der Waals surface area contributed by atoms with Crippen molar-refractivity contribution in [3.05, 3.63) is 70.3 Å². The Bertz CT molecular complexity index is 836. The monoisotopic (exact) mass is 322 g/mol. The summed E-state index contributed by atoms with van der Waals surface area (Å²) >= 11 is 0. The van der Waals surface area contributed by atoms with Crippen LogP contribution < -0.4 is 4.74 Å². The first kappa shape index (κ1) is 14.8. The molecule has 0 spiro atoms. The molecule has 1 N–H and O–H groups in total. The van der Waals surface area contributed by atoms with E-state index < -0.39 is 12.1 Å². The number of hydrogen-bond acceptors (Lipinski definition) is 4. The molecule has 24 heavy (non-hydrogen) atoms. The Labute approximate surface area is 140 Å². The van der Waals surface area contributed by atoms with E-state index in [2.05, 4.69) is 0 Å². The second-order valence-electron chi connectivity index (χ2n) is 6.29. The third-order valence-corrected chi connectivity index (χ3v) is 4.57. The van der Waals surface area contributed by atoms with Gasteiger partial charge in [-0.15, -0.1) is 0 Å². The Morgan fingerprint density at radius 3 is 2.83 bits per heavy atom. The van der Waals surface area contributed by atoms with E-state index in [1.165, 1.54) is 0 Å². The number of ether oxygens (including phenoxy) is 2. The van der Waals surface area contributed by atoms with Crippen molar-refractivity contribution < 1.29 is 19.4 Å². The molecule has 2 aliphatic rings. The number of carbonyl (C=O) groups excluding carboxylic acids is 1. The molecule has 0 bridgehead atoms. The number of aromatic hydroxyl groups is 1. The molecule has 0 aromatic heterocycles. The zero-order valence-corrected chi connectivity index (χ0v) is 13.4. The van der Waals surface area contributed by atoms with Crippen LogP contribution in [0.4, 0.5) is 0 Å². The summed E-state index contributed by atoms with van der Waals surface area (Å²) in [6.45, 7) is 2.48. The maximum absolute atomic E-state index is 12.3. The number of phenolic OH excluding ortho intramolecular Hbond substituents is 1. The minimum Gasteiger partial charge on any atom is -0.507 e. The zero-order chi connectivity index (χ0) is 16.7. The van der Waals surface area contributed by atoms with Crippen LogP contribution in [0.3, 0.4) is 0 Å². The number of rotatable bonds is 2. The average Bonchev–Trinajstić information content (AvgIpc) is 2.76. The lowest BCUT2D eigenvalue weighted by Gasteiger charge is -2.14. The minimum atomic E-state index is -0.462. The minimum absolute atomic E-state index is 0.00554. The lowest BCUT2D eigenvalue weighted by molar-refractivity contribution is 0.0385. The Morgan fingerprint density at radius 1 is 1.25 bits per heavy atom. The molecular weight excluding hydrogens is 304 g/mol. The highest BCUT2D eigenvalue weighted by atomic mass is 16.5. The molecule has 4 nitrogen and oxygen atoms in total. The highest BCUT2D eigenvalue weighted by Crippen LogP contribution is 2.44. The highest BCUT2D eigenvalue weighted by molar-refractivity contribution is 5.98. The summed E-state index contributed by atoms with van der Waals surface area (Å²) in [4.78, 5) is 12.3. The molecule has 2 aromatic rings. The Hall–Kier alpha value is -2.75. The van der Waals surface area contributed by atoms with Gasteiger partial charge in [-0.1, -0.05) is 36.4 Å². The van der Waals surface area contributed by atoms with Crippen LogP contribution in [-0.2, 0) is 17.6 Å². The van der Waals surface area contributed by atoms with Crippen LogP contribution >= 0.6 is 0 Å². The summed E-state index contributed by atoms with van der Waals surface area (Å²) in [6, 6.07) is 11.7. The van der Waals surface area contributed by atoms with Gasteiger partial charge in [-0.05, 0) is 30.5 Å². The van der Waals surface area contributed by atoms with Crippen molar-refractivity contribution in [2.45, 2.75) is 25.9 Å².